The van der Waals surface area contributed by atoms with Gasteiger partial charge in [0.1, 0.15) is 0 Å². The summed E-state index contributed by atoms with van der Waals surface area (Å²) in [4.78, 5) is 28.1. The summed E-state index contributed by atoms with van der Waals surface area (Å²) in [6, 6.07) is 1.72. The van der Waals surface area contributed by atoms with E-state index in [0.717, 1.165) is 5.56 Å². The number of fused-ring (bicyclic) bond motifs is 1. The molecule has 2 aromatic heterocycles. The van der Waals surface area contributed by atoms with Crippen LogP contribution in [0, 0.1) is 0 Å². The van der Waals surface area contributed by atoms with Crippen molar-refractivity contribution in [1.82, 2.24) is 9.97 Å². The predicted octanol–water partition coefficient (Wildman–Crippen LogP) is 1.81. The number of pyridine rings is 1. The molecule has 0 atom stereocenters. The van der Waals surface area contributed by atoms with Gasteiger partial charge in [0.15, 0.2) is 16.3 Å². The van der Waals surface area contributed by atoms with Crippen LogP contribution in [0.4, 0.5) is 0 Å². The molecule has 0 amide bonds. The van der Waals surface area contributed by atoms with E-state index < -0.39 is 5.76 Å². The minimum atomic E-state index is -0.513. The van der Waals surface area contributed by atoms with E-state index in [-0.39, 0.29) is 5.12 Å². The summed E-state index contributed by atoms with van der Waals surface area (Å²) in [5.74, 6) is 0.102. The summed E-state index contributed by atoms with van der Waals surface area (Å²) in [6.45, 7) is 1.53. The molecule has 0 bridgehead atoms. The number of hydrogen-bond donors (Lipinski definition) is 1. The maximum Gasteiger partial charge on any atom is 0.418 e. The number of aromatic nitrogens is 2. The largest absolute Gasteiger partial charge is 0.418 e. The van der Waals surface area contributed by atoms with Gasteiger partial charge in [-0.2, -0.15) is 0 Å². The van der Waals surface area contributed by atoms with Crippen molar-refractivity contribution in [2.45, 2.75) is 6.92 Å². The number of hydrogen-bond acceptors (Lipinski definition) is 5. The molecule has 0 aliphatic rings. The fourth-order valence-corrected chi connectivity index (χ4v) is 1.72. The van der Waals surface area contributed by atoms with Crippen LogP contribution in [0.25, 0.3) is 17.3 Å². The summed E-state index contributed by atoms with van der Waals surface area (Å²) in [5.41, 5.74) is 1.69. The highest BCUT2D eigenvalue weighted by molar-refractivity contribution is 8.13. The first-order valence-electron chi connectivity index (χ1n) is 4.94. The molecule has 0 unspecified atom stereocenters. The molecule has 0 radical (unpaired) electrons. The molecule has 0 aliphatic carbocycles. The van der Waals surface area contributed by atoms with Crippen LogP contribution >= 0.6 is 11.8 Å². The Labute approximate surface area is 101 Å². The summed E-state index contributed by atoms with van der Waals surface area (Å²) in [6.07, 6.45) is 5.32. The lowest BCUT2D eigenvalue weighted by Gasteiger charge is -1.92. The van der Waals surface area contributed by atoms with Gasteiger partial charge in [-0.15, -0.1) is 0 Å². The van der Waals surface area contributed by atoms with Crippen LogP contribution in [0.3, 0.4) is 0 Å². The Hall–Kier alpha value is -1.82. The van der Waals surface area contributed by atoms with Crippen molar-refractivity contribution < 1.29 is 9.21 Å². The highest BCUT2D eigenvalue weighted by Crippen LogP contribution is 2.11. The summed E-state index contributed by atoms with van der Waals surface area (Å²) < 4.78 is 4.89. The molecule has 0 fully saturated rings. The second-order valence-corrected chi connectivity index (χ2v) is 4.53. The van der Waals surface area contributed by atoms with Crippen molar-refractivity contribution in [3.63, 3.8) is 0 Å². The fraction of sp³-hybridized carbons (Fsp3) is 0.182. The Morgan fingerprint density at radius 1 is 1.65 bits per heavy atom. The number of carbonyl (C=O) groups is 1. The Morgan fingerprint density at radius 2 is 2.47 bits per heavy atom. The molecule has 88 valence electrons. The molecule has 5 nitrogen and oxygen atoms in total. The van der Waals surface area contributed by atoms with Crippen molar-refractivity contribution >= 4 is 34.2 Å². The van der Waals surface area contributed by atoms with Crippen molar-refractivity contribution in [2.75, 3.05) is 5.75 Å². The molecule has 2 aromatic rings. The van der Waals surface area contributed by atoms with E-state index in [1.54, 1.807) is 12.3 Å². The van der Waals surface area contributed by atoms with Crippen LogP contribution in [0.2, 0.25) is 0 Å². The third-order valence-electron chi connectivity index (χ3n) is 1.99. The molecule has 2 heterocycles. The van der Waals surface area contributed by atoms with Crippen LogP contribution in [0.15, 0.2) is 27.6 Å². The number of oxazole rings is 1. The van der Waals surface area contributed by atoms with Gasteiger partial charge in [0.25, 0.3) is 0 Å². The molecule has 0 spiro atoms. The minimum Gasteiger partial charge on any atom is -0.406 e. The molecule has 0 aromatic carbocycles. The zero-order valence-electron chi connectivity index (χ0n) is 9.10. The van der Waals surface area contributed by atoms with E-state index in [1.807, 2.05) is 12.2 Å². The highest BCUT2D eigenvalue weighted by atomic mass is 32.2. The summed E-state index contributed by atoms with van der Waals surface area (Å²) >= 11 is 1.23. The Bertz CT molecular complexity index is 627. The molecule has 0 saturated heterocycles. The van der Waals surface area contributed by atoms with Crippen molar-refractivity contribution in [2.24, 2.45) is 0 Å². The molecule has 6 heteroatoms. The minimum absolute atomic E-state index is 0.0832. The van der Waals surface area contributed by atoms with E-state index in [4.69, 9.17) is 4.42 Å². The predicted molar refractivity (Wildman–Crippen MR) is 66.8 cm³/mol. The number of aromatic amines is 1. The second-order valence-electron chi connectivity index (χ2n) is 3.33. The summed E-state index contributed by atoms with van der Waals surface area (Å²) in [7, 11) is 0. The van der Waals surface area contributed by atoms with E-state index in [0.29, 0.717) is 17.0 Å². The van der Waals surface area contributed by atoms with Crippen LogP contribution in [0.1, 0.15) is 12.5 Å². The van der Waals surface area contributed by atoms with E-state index in [1.165, 1.54) is 18.7 Å². The molecule has 17 heavy (non-hydrogen) atoms. The zero-order chi connectivity index (χ0) is 12.3. The molecular weight excluding hydrogens is 240 g/mol. The van der Waals surface area contributed by atoms with Gasteiger partial charge < -0.3 is 4.42 Å². The second kappa shape index (κ2) is 5.01. The van der Waals surface area contributed by atoms with Crippen LogP contribution in [-0.2, 0) is 4.79 Å². The Morgan fingerprint density at radius 3 is 3.24 bits per heavy atom. The average Bonchev–Trinajstić information content (AvgIpc) is 2.63. The van der Waals surface area contributed by atoms with Gasteiger partial charge >= 0.3 is 5.76 Å². The topological polar surface area (TPSA) is 76.0 Å². The molecule has 0 aliphatic heterocycles. The lowest BCUT2D eigenvalue weighted by atomic mass is 10.2. The van der Waals surface area contributed by atoms with Crippen LogP contribution in [-0.4, -0.2) is 20.8 Å². The zero-order valence-corrected chi connectivity index (χ0v) is 9.91. The van der Waals surface area contributed by atoms with Crippen molar-refractivity contribution in [1.29, 1.82) is 0 Å². The van der Waals surface area contributed by atoms with E-state index >= 15 is 0 Å². The third-order valence-corrected chi connectivity index (χ3v) is 2.76. The van der Waals surface area contributed by atoms with Crippen LogP contribution in [0.5, 0.6) is 0 Å². The van der Waals surface area contributed by atoms with Gasteiger partial charge in [0.05, 0.1) is 0 Å². The smallest absolute Gasteiger partial charge is 0.406 e. The maximum absolute atomic E-state index is 10.9. The number of rotatable bonds is 3. The first-order chi connectivity index (χ1) is 8.15. The van der Waals surface area contributed by atoms with E-state index in [2.05, 4.69) is 9.97 Å². The number of nitrogens with zero attached hydrogens (tertiary/aromatic N) is 1. The Balaban J connectivity index is 2.13. The SMILES string of the molecule is CC(=O)SCC=Cc1cnc2[nH]c(=O)oc2c1. The first-order valence-corrected chi connectivity index (χ1v) is 5.92. The molecular formula is C11H10N2O3S. The van der Waals surface area contributed by atoms with E-state index in [9.17, 15) is 9.59 Å². The average molecular weight is 250 g/mol. The standard InChI is InChI=1S/C11H10N2O3S/c1-7(14)17-4-2-3-8-5-9-10(12-6-8)13-11(15)16-9/h2-3,5-6H,4H2,1H3,(H,12,13,15). The van der Waals surface area contributed by atoms with Gasteiger partial charge in [0.2, 0.25) is 0 Å². The van der Waals surface area contributed by atoms with Gasteiger partial charge in [-0.3, -0.25) is 9.78 Å². The van der Waals surface area contributed by atoms with Crippen molar-refractivity contribution in [3.8, 4) is 0 Å². The number of H-pyrrole nitrogens is 1. The lowest BCUT2D eigenvalue weighted by Crippen LogP contribution is -1.93. The van der Waals surface area contributed by atoms with Gasteiger partial charge in [-0.05, 0) is 11.6 Å². The van der Waals surface area contributed by atoms with Gasteiger partial charge in [-0.25, -0.2) is 9.78 Å². The number of nitrogens with one attached hydrogen (secondary N) is 1. The third kappa shape index (κ3) is 3.07. The molecule has 1 N–H and O–H groups in total. The highest BCUT2D eigenvalue weighted by Gasteiger charge is 2.01. The molecule has 2 rings (SSSR count). The maximum atomic E-state index is 10.9. The Kier molecular flexibility index (Phi) is 3.43. The fourth-order valence-electron chi connectivity index (χ4n) is 1.29. The van der Waals surface area contributed by atoms with Gasteiger partial charge in [-0.1, -0.05) is 23.9 Å². The number of thioether (sulfide) groups is 1. The monoisotopic (exact) mass is 250 g/mol. The van der Waals surface area contributed by atoms with Crippen molar-refractivity contribution in [3.05, 3.63) is 34.5 Å². The normalized spacial score (nSPS) is 11.4. The quantitative estimate of drug-likeness (QED) is 0.899. The van der Waals surface area contributed by atoms with Crippen LogP contribution < -0.4 is 5.76 Å². The molecule has 0 saturated carbocycles. The summed E-state index contributed by atoms with van der Waals surface area (Å²) in [5, 5.41) is 0.0832. The van der Waals surface area contributed by atoms with Gasteiger partial charge in [0, 0.05) is 18.9 Å². The first kappa shape index (κ1) is 11.7. The number of carbonyl (C=O) groups excluding carboxylic acids is 1. The lowest BCUT2D eigenvalue weighted by molar-refractivity contribution is -0.109.